The number of hydrogen-bond acceptors (Lipinski definition) is 6. The van der Waals surface area contributed by atoms with Gasteiger partial charge in [-0.15, -0.1) is 0 Å². The van der Waals surface area contributed by atoms with Gasteiger partial charge in [-0.2, -0.15) is 10.2 Å². The van der Waals surface area contributed by atoms with Crippen molar-refractivity contribution in [3.8, 4) is 17.2 Å². The lowest BCUT2D eigenvalue weighted by molar-refractivity contribution is -0.141. The largest absolute Gasteiger partial charge is 0.495 e. The summed E-state index contributed by atoms with van der Waals surface area (Å²) in [7, 11) is 6.25. The minimum atomic E-state index is -0.794. The number of aromatic nitrogens is 2. The number of benzene rings is 2. The van der Waals surface area contributed by atoms with Gasteiger partial charge in [-0.3, -0.25) is 4.79 Å². The summed E-state index contributed by atoms with van der Waals surface area (Å²) in [5.74, 6) is 0.916. The molecule has 1 aromatic heterocycles. The van der Waals surface area contributed by atoms with Crippen molar-refractivity contribution in [3.63, 3.8) is 0 Å². The molecule has 1 atom stereocenters. The van der Waals surface area contributed by atoms with Crippen molar-refractivity contribution >= 4 is 27.5 Å². The van der Waals surface area contributed by atoms with Crippen LogP contribution in [0.15, 0.2) is 64.4 Å². The molecule has 0 N–H and O–H groups in total. The number of halogens is 1. The maximum absolute atomic E-state index is 13.1. The number of ether oxygens (including phenoxy) is 3. The fraction of sp³-hybridized carbons (Fsp3) is 0.261. The molecule has 0 radical (unpaired) electrons. The van der Waals surface area contributed by atoms with Crippen LogP contribution in [0, 0.1) is 0 Å². The van der Waals surface area contributed by atoms with Gasteiger partial charge in [0, 0.05) is 32.1 Å². The van der Waals surface area contributed by atoms with E-state index in [2.05, 4.69) is 26.1 Å². The molecule has 168 valence electrons. The number of rotatable bonds is 8. The first-order chi connectivity index (χ1) is 15.4. The normalized spacial score (nSPS) is 12.4. The second kappa shape index (κ2) is 10.4. The molecule has 8 nitrogen and oxygen atoms in total. The standard InChI is InChI=1S/C23H25BrN4O4/c1-15(17-13-19(30-3)21(24)20(14-17)31-4)26-27(2)23(29)22(32-5)16-7-9-18(10-8-16)28-12-6-11-25-28/h6-14,22H,1-5H3/b26-15+. The van der Waals surface area contributed by atoms with Crippen LogP contribution in [-0.2, 0) is 9.53 Å². The number of amides is 1. The van der Waals surface area contributed by atoms with Crippen molar-refractivity contribution in [2.24, 2.45) is 5.10 Å². The molecular formula is C23H25BrN4O4. The van der Waals surface area contributed by atoms with Crippen LogP contribution in [0.3, 0.4) is 0 Å². The first kappa shape index (κ1) is 23.5. The Morgan fingerprint density at radius 2 is 1.75 bits per heavy atom. The molecular weight excluding hydrogens is 476 g/mol. The summed E-state index contributed by atoms with van der Waals surface area (Å²) in [5, 5.41) is 9.95. The van der Waals surface area contributed by atoms with Crippen LogP contribution in [0.2, 0.25) is 0 Å². The van der Waals surface area contributed by atoms with E-state index in [1.807, 2.05) is 55.6 Å². The minimum Gasteiger partial charge on any atom is -0.495 e. The van der Waals surface area contributed by atoms with E-state index in [1.165, 1.54) is 12.1 Å². The van der Waals surface area contributed by atoms with E-state index in [0.29, 0.717) is 21.7 Å². The zero-order chi connectivity index (χ0) is 23.3. The van der Waals surface area contributed by atoms with Crippen LogP contribution in [0.25, 0.3) is 5.69 Å². The summed E-state index contributed by atoms with van der Waals surface area (Å²) >= 11 is 3.45. The molecule has 0 spiro atoms. The SMILES string of the molecule is COc1cc(/C(C)=N/N(C)C(=O)C(OC)c2ccc(-n3cccn3)cc2)cc(OC)c1Br. The Bertz CT molecular complexity index is 1070. The van der Waals surface area contributed by atoms with Crippen molar-refractivity contribution < 1.29 is 19.0 Å². The zero-order valence-corrected chi connectivity index (χ0v) is 20.2. The van der Waals surface area contributed by atoms with Gasteiger partial charge >= 0.3 is 0 Å². The molecule has 3 rings (SSSR count). The molecule has 0 fully saturated rings. The Morgan fingerprint density at radius 1 is 1.12 bits per heavy atom. The molecule has 0 aliphatic heterocycles. The van der Waals surface area contributed by atoms with Gasteiger partial charge in [-0.25, -0.2) is 9.69 Å². The topological polar surface area (TPSA) is 78.2 Å². The predicted molar refractivity (Wildman–Crippen MR) is 126 cm³/mol. The molecule has 32 heavy (non-hydrogen) atoms. The first-order valence-corrected chi connectivity index (χ1v) is 10.6. The summed E-state index contributed by atoms with van der Waals surface area (Å²) < 4.78 is 18.7. The van der Waals surface area contributed by atoms with E-state index in [4.69, 9.17) is 14.2 Å². The van der Waals surface area contributed by atoms with E-state index >= 15 is 0 Å². The molecule has 9 heteroatoms. The second-order valence-corrected chi connectivity index (χ2v) is 7.69. The number of methoxy groups -OCH3 is 3. The maximum Gasteiger partial charge on any atom is 0.276 e. The van der Waals surface area contributed by atoms with E-state index < -0.39 is 6.10 Å². The van der Waals surface area contributed by atoms with Crippen molar-refractivity contribution in [1.29, 1.82) is 0 Å². The molecule has 0 aliphatic rings. The molecule has 0 bridgehead atoms. The van der Waals surface area contributed by atoms with Crippen molar-refractivity contribution in [2.45, 2.75) is 13.0 Å². The minimum absolute atomic E-state index is 0.297. The molecule has 1 heterocycles. The summed E-state index contributed by atoms with van der Waals surface area (Å²) in [6.07, 6.45) is 2.77. The van der Waals surface area contributed by atoms with Crippen molar-refractivity contribution in [3.05, 3.63) is 70.5 Å². The Morgan fingerprint density at radius 3 is 2.25 bits per heavy atom. The van der Waals surface area contributed by atoms with Gasteiger partial charge in [0.1, 0.15) is 16.0 Å². The third kappa shape index (κ3) is 5.00. The zero-order valence-electron chi connectivity index (χ0n) is 18.6. The number of likely N-dealkylation sites (N-methyl/N-ethyl adjacent to an activating group) is 1. The third-order valence-corrected chi connectivity index (χ3v) is 5.69. The molecule has 0 saturated carbocycles. The van der Waals surface area contributed by atoms with Gasteiger partial charge in [0.05, 0.1) is 25.6 Å². The van der Waals surface area contributed by atoms with Gasteiger partial charge in [-0.1, -0.05) is 12.1 Å². The van der Waals surface area contributed by atoms with Gasteiger partial charge in [0.2, 0.25) is 0 Å². The van der Waals surface area contributed by atoms with Gasteiger partial charge in [0.15, 0.2) is 6.10 Å². The molecule has 1 unspecified atom stereocenters. The number of nitrogens with zero attached hydrogens (tertiary/aromatic N) is 4. The van der Waals surface area contributed by atoms with Crippen LogP contribution < -0.4 is 9.47 Å². The van der Waals surface area contributed by atoms with Gasteiger partial charge in [0.25, 0.3) is 5.91 Å². The lowest BCUT2D eigenvalue weighted by Crippen LogP contribution is -2.29. The smallest absolute Gasteiger partial charge is 0.276 e. The van der Waals surface area contributed by atoms with Crippen LogP contribution in [0.5, 0.6) is 11.5 Å². The monoisotopic (exact) mass is 500 g/mol. The quantitative estimate of drug-likeness (QED) is 0.341. The molecule has 0 aliphatic carbocycles. The fourth-order valence-corrected chi connectivity index (χ4v) is 3.74. The van der Waals surface area contributed by atoms with E-state index in [0.717, 1.165) is 16.8 Å². The predicted octanol–water partition coefficient (Wildman–Crippen LogP) is 4.22. The lowest BCUT2D eigenvalue weighted by Gasteiger charge is -2.20. The van der Waals surface area contributed by atoms with Crippen LogP contribution in [-0.4, -0.2) is 54.8 Å². The highest BCUT2D eigenvalue weighted by molar-refractivity contribution is 9.10. The molecule has 0 saturated heterocycles. The van der Waals surface area contributed by atoms with Crippen molar-refractivity contribution in [1.82, 2.24) is 14.8 Å². The molecule has 2 aromatic carbocycles. The van der Waals surface area contributed by atoms with Crippen molar-refractivity contribution in [2.75, 3.05) is 28.4 Å². The maximum atomic E-state index is 13.1. The van der Waals surface area contributed by atoms with E-state index in [-0.39, 0.29) is 5.91 Å². The van der Waals surface area contributed by atoms with E-state index in [9.17, 15) is 4.79 Å². The lowest BCUT2D eigenvalue weighted by atomic mass is 10.1. The highest BCUT2D eigenvalue weighted by atomic mass is 79.9. The number of hydrogen-bond donors (Lipinski definition) is 0. The number of hydrazone groups is 1. The van der Waals surface area contributed by atoms with Crippen LogP contribution in [0.1, 0.15) is 24.2 Å². The van der Waals surface area contributed by atoms with Crippen LogP contribution >= 0.6 is 15.9 Å². The average Bonchev–Trinajstić information content (AvgIpc) is 3.35. The van der Waals surface area contributed by atoms with Gasteiger partial charge in [-0.05, 0) is 58.7 Å². The van der Waals surface area contributed by atoms with E-state index in [1.54, 1.807) is 32.1 Å². The van der Waals surface area contributed by atoms with Crippen LogP contribution in [0.4, 0.5) is 0 Å². The summed E-state index contributed by atoms with van der Waals surface area (Å²) in [5.41, 5.74) is 2.99. The Labute approximate surface area is 195 Å². The molecule has 3 aromatic rings. The highest BCUT2D eigenvalue weighted by Crippen LogP contribution is 2.35. The average molecular weight is 501 g/mol. The molecule has 1 amide bonds. The second-order valence-electron chi connectivity index (χ2n) is 6.90. The Balaban J connectivity index is 1.82. The number of carbonyl (C=O) groups is 1. The summed E-state index contributed by atoms with van der Waals surface area (Å²) in [4.78, 5) is 13.1. The number of carbonyl (C=O) groups excluding carboxylic acids is 1. The Hall–Kier alpha value is -3.17. The van der Waals surface area contributed by atoms with Gasteiger partial charge < -0.3 is 14.2 Å². The Kier molecular flexibility index (Phi) is 7.66. The summed E-state index contributed by atoms with van der Waals surface area (Å²) in [6.45, 7) is 1.81. The highest BCUT2D eigenvalue weighted by Gasteiger charge is 2.24. The first-order valence-electron chi connectivity index (χ1n) is 9.77. The fourth-order valence-electron chi connectivity index (χ4n) is 3.18. The summed E-state index contributed by atoms with van der Waals surface area (Å²) in [6, 6.07) is 13.0. The third-order valence-electron chi connectivity index (χ3n) is 4.91.